The monoisotopic (exact) mass is 419 g/mol. The maximum absolute atomic E-state index is 13.2. The summed E-state index contributed by atoms with van der Waals surface area (Å²) in [5.41, 5.74) is 3.80. The Kier molecular flexibility index (Phi) is 5.57. The van der Waals surface area contributed by atoms with Gasteiger partial charge in [0.1, 0.15) is 5.82 Å². The number of hydrogen-bond donors (Lipinski definition) is 2. The van der Waals surface area contributed by atoms with Gasteiger partial charge in [-0.2, -0.15) is 5.10 Å². The van der Waals surface area contributed by atoms with E-state index in [0.29, 0.717) is 12.1 Å². The van der Waals surface area contributed by atoms with Gasteiger partial charge in [-0.3, -0.25) is 9.48 Å². The van der Waals surface area contributed by atoms with Gasteiger partial charge in [0, 0.05) is 29.9 Å². The molecule has 9 heteroatoms. The van der Waals surface area contributed by atoms with E-state index in [9.17, 15) is 14.0 Å². The van der Waals surface area contributed by atoms with E-state index in [-0.39, 0.29) is 17.6 Å². The van der Waals surface area contributed by atoms with Crippen LogP contribution in [0.4, 0.5) is 10.1 Å². The van der Waals surface area contributed by atoms with Crippen molar-refractivity contribution < 1.29 is 13.6 Å². The van der Waals surface area contributed by atoms with Gasteiger partial charge in [0.05, 0.1) is 18.3 Å². The molecule has 0 atom stereocenters. The highest BCUT2D eigenvalue weighted by Gasteiger charge is 2.10. The number of carbonyl (C=O) groups is 1. The molecule has 0 radical (unpaired) electrons. The van der Waals surface area contributed by atoms with Crippen molar-refractivity contribution in [3.05, 3.63) is 94.2 Å². The van der Waals surface area contributed by atoms with Gasteiger partial charge in [-0.05, 0) is 48.0 Å². The summed E-state index contributed by atoms with van der Waals surface area (Å²) < 4.78 is 19.8. The van der Waals surface area contributed by atoms with Crippen molar-refractivity contribution in [3.8, 4) is 11.3 Å². The number of aromatic nitrogens is 4. The number of nitrogens with one attached hydrogen (secondary N) is 2. The lowest BCUT2D eigenvalue weighted by Gasteiger charge is -2.05. The van der Waals surface area contributed by atoms with Crippen molar-refractivity contribution in [1.82, 2.24) is 20.0 Å². The summed E-state index contributed by atoms with van der Waals surface area (Å²) in [4.78, 5) is 23.3. The number of aryl methyl sites for hydroxylation is 1. The molecular formula is C22H18FN5O3. The van der Waals surface area contributed by atoms with Crippen LogP contribution < -0.4 is 11.1 Å². The van der Waals surface area contributed by atoms with Crippen LogP contribution in [0.15, 0.2) is 70.0 Å². The highest BCUT2D eigenvalue weighted by Crippen LogP contribution is 2.24. The molecule has 2 N–H and O–H groups in total. The fourth-order valence-corrected chi connectivity index (χ4v) is 3.10. The van der Waals surface area contributed by atoms with E-state index >= 15 is 0 Å². The molecule has 0 spiro atoms. The van der Waals surface area contributed by atoms with E-state index in [2.05, 4.69) is 20.6 Å². The summed E-state index contributed by atoms with van der Waals surface area (Å²) in [5, 5.41) is 13.0. The van der Waals surface area contributed by atoms with Gasteiger partial charge in [0.25, 0.3) is 0 Å². The zero-order chi connectivity index (χ0) is 21.8. The molecule has 31 heavy (non-hydrogen) atoms. The van der Waals surface area contributed by atoms with Gasteiger partial charge in [0.15, 0.2) is 0 Å². The number of hydrogen-bond acceptors (Lipinski definition) is 5. The molecule has 0 saturated carbocycles. The molecule has 8 nitrogen and oxygen atoms in total. The van der Waals surface area contributed by atoms with E-state index in [4.69, 9.17) is 4.42 Å². The van der Waals surface area contributed by atoms with Crippen LogP contribution in [0, 0.1) is 5.82 Å². The predicted molar refractivity (Wildman–Crippen MR) is 113 cm³/mol. The van der Waals surface area contributed by atoms with Crippen molar-refractivity contribution in [2.45, 2.75) is 6.42 Å². The Bertz CT molecular complexity index is 1280. The van der Waals surface area contributed by atoms with Crippen LogP contribution in [0.5, 0.6) is 0 Å². The second-order valence-corrected chi connectivity index (χ2v) is 6.78. The molecule has 4 aromatic rings. The lowest BCUT2D eigenvalue weighted by molar-refractivity contribution is -0.111. The van der Waals surface area contributed by atoms with Gasteiger partial charge in [-0.15, -0.1) is 5.10 Å². The van der Waals surface area contributed by atoms with Crippen molar-refractivity contribution in [3.63, 3.8) is 0 Å². The first-order valence-electron chi connectivity index (χ1n) is 9.38. The van der Waals surface area contributed by atoms with Gasteiger partial charge < -0.3 is 9.73 Å². The van der Waals surface area contributed by atoms with E-state index < -0.39 is 5.76 Å². The van der Waals surface area contributed by atoms with Crippen molar-refractivity contribution in [2.75, 3.05) is 5.32 Å². The number of carbonyl (C=O) groups excluding carboxylic acids is 1. The van der Waals surface area contributed by atoms with E-state index in [1.807, 2.05) is 12.1 Å². The minimum atomic E-state index is -0.595. The van der Waals surface area contributed by atoms with E-state index in [1.54, 1.807) is 48.3 Å². The summed E-state index contributed by atoms with van der Waals surface area (Å²) in [6.07, 6.45) is 5.08. The molecule has 156 valence electrons. The molecule has 0 bridgehead atoms. The Morgan fingerprint density at radius 2 is 1.94 bits per heavy atom. The molecule has 2 aromatic heterocycles. The average Bonchev–Trinajstić information content (AvgIpc) is 3.33. The topological polar surface area (TPSA) is 106 Å². The highest BCUT2D eigenvalue weighted by molar-refractivity contribution is 6.02. The Morgan fingerprint density at radius 1 is 1.19 bits per heavy atom. The largest absolute Gasteiger partial charge is 0.434 e. The smallest absolute Gasteiger partial charge is 0.392 e. The normalized spacial score (nSPS) is 11.2. The minimum absolute atomic E-state index is 0.290. The molecule has 0 aliphatic rings. The number of nitrogens with zero attached hydrogens (tertiary/aromatic N) is 3. The van der Waals surface area contributed by atoms with Crippen molar-refractivity contribution >= 4 is 17.7 Å². The third-order valence-corrected chi connectivity index (χ3v) is 4.56. The van der Waals surface area contributed by atoms with Crippen LogP contribution in [-0.4, -0.2) is 25.9 Å². The highest BCUT2D eigenvalue weighted by atomic mass is 19.1. The Labute approximate surface area is 176 Å². The standard InChI is InChI=1S/C22H18FN5O3/c1-28-21(15-4-7-17(23)8-5-15)16(13-24-28)6-11-19(29)25-18-9-2-14(3-10-18)12-20-26-27-22(30)31-20/h2-11,13H,12H2,1H3,(H,25,29)(H,27,30). The number of halogens is 1. The zero-order valence-corrected chi connectivity index (χ0v) is 16.5. The van der Waals surface area contributed by atoms with Crippen LogP contribution in [0.25, 0.3) is 17.3 Å². The summed E-state index contributed by atoms with van der Waals surface area (Å²) >= 11 is 0. The van der Waals surface area contributed by atoms with E-state index in [1.165, 1.54) is 18.2 Å². The molecule has 0 aliphatic heterocycles. The number of H-pyrrole nitrogens is 1. The quantitative estimate of drug-likeness (QED) is 0.467. The van der Waals surface area contributed by atoms with Gasteiger partial charge in [0.2, 0.25) is 11.8 Å². The summed E-state index contributed by atoms with van der Waals surface area (Å²) in [7, 11) is 1.78. The molecule has 0 unspecified atom stereocenters. The molecular weight excluding hydrogens is 401 g/mol. The Morgan fingerprint density at radius 3 is 2.61 bits per heavy atom. The van der Waals surface area contributed by atoms with Crippen LogP contribution in [-0.2, 0) is 18.3 Å². The Balaban J connectivity index is 1.42. The second-order valence-electron chi connectivity index (χ2n) is 6.78. The van der Waals surface area contributed by atoms with Gasteiger partial charge >= 0.3 is 5.76 Å². The fourth-order valence-electron chi connectivity index (χ4n) is 3.10. The molecule has 1 amide bonds. The number of rotatable bonds is 6. The number of amides is 1. The fraction of sp³-hybridized carbons (Fsp3) is 0.0909. The molecule has 0 aliphatic carbocycles. The molecule has 2 heterocycles. The second kappa shape index (κ2) is 8.62. The average molecular weight is 419 g/mol. The molecule has 0 saturated heterocycles. The maximum atomic E-state index is 13.2. The molecule has 4 rings (SSSR count). The van der Waals surface area contributed by atoms with E-state index in [0.717, 1.165) is 22.4 Å². The van der Waals surface area contributed by atoms with Gasteiger partial charge in [-0.1, -0.05) is 12.1 Å². The number of benzene rings is 2. The summed E-state index contributed by atoms with van der Waals surface area (Å²) in [6.45, 7) is 0. The van der Waals surface area contributed by atoms with Crippen LogP contribution in [0.3, 0.4) is 0 Å². The first-order valence-corrected chi connectivity index (χ1v) is 9.38. The van der Waals surface area contributed by atoms with Crippen LogP contribution in [0.1, 0.15) is 17.0 Å². The number of anilines is 1. The van der Waals surface area contributed by atoms with Crippen LogP contribution >= 0.6 is 0 Å². The lowest BCUT2D eigenvalue weighted by atomic mass is 10.1. The summed E-state index contributed by atoms with van der Waals surface area (Å²) in [5.74, 6) is -0.928. The third kappa shape index (κ3) is 4.84. The Hall–Kier alpha value is -4.27. The predicted octanol–water partition coefficient (Wildman–Crippen LogP) is 3.15. The van der Waals surface area contributed by atoms with Crippen LogP contribution in [0.2, 0.25) is 0 Å². The van der Waals surface area contributed by atoms with Crippen molar-refractivity contribution in [1.29, 1.82) is 0 Å². The minimum Gasteiger partial charge on any atom is -0.392 e. The number of aromatic amines is 1. The molecule has 0 fully saturated rings. The SMILES string of the molecule is Cn1ncc(C=CC(=O)Nc2ccc(Cc3n[nH]c(=O)o3)cc2)c1-c1ccc(F)cc1. The third-order valence-electron chi connectivity index (χ3n) is 4.56. The van der Waals surface area contributed by atoms with Gasteiger partial charge in [-0.25, -0.2) is 14.3 Å². The van der Waals surface area contributed by atoms with Crippen molar-refractivity contribution in [2.24, 2.45) is 7.05 Å². The lowest BCUT2D eigenvalue weighted by Crippen LogP contribution is -2.07. The zero-order valence-electron chi connectivity index (χ0n) is 16.5. The first kappa shape index (κ1) is 20.0. The first-order chi connectivity index (χ1) is 15.0. The maximum Gasteiger partial charge on any atom is 0.434 e. The summed E-state index contributed by atoms with van der Waals surface area (Å²) in [6, 6.07) is 13.2. The molecule has 2 aromatic carbocycles.